The second kappa shape index (κ2) is 8.14. The predicted octanol–water partition coefficient (Wildman–Crippen LogP) is 1.32. The van der Waals surface area contributed by atoms with Crippen molar-refractivity contribution in [1.82, 2.24) is 20.1 Å². The molecule has 1 aliphatic carbocycles. The highest BCUT2D eigenvalue weighted by Gasteiger charge is 2.41. The molecule has 0 bridgehead atoms. The summed E-state index contributed by atoms with van der Waals surface area (Å²) in [5.74, 6) is 0.0659. The van der Waals surface area contributed by atoms with Crippen LogP contribution in [0.15, 0.2) is 31.7 Å². The van der Waals surface area contributed by atoms with Gasteiger partial charge >= 0.3 is 0 Å². The number of aliphatic imine (C=N–C) groups is 1. The molecule has 5 N–H and O–H groups in total. The van der Waals surface area contributed by atoms with Gasteiger partial charge in [-0.15, -0.1) is 0 Å². The van der Waals surface area contributed by atoms with E-state index in [0.29, 0.717) is 42.1 Å². The molecule has 1 unspecified atom stereocenters. The van der Waals surface area contributed by atoms with Gasteiger partial charge in [-0.2, -0.15) is 0 Å². The third-order valence-electron chi connectivity index (χ3n) is 4.28. The molecule has 3 rings (SSSR count). The number of nitrogens with one attached hydrogen (secondary N) is 2. The molecule has 1 fully saturated rings. The van der Waals surface area contributed by atoms with Crippen molar-refractivity contribution in [3.8, 4) is 0 Å². The molecule has 0 radical (unpaired) electrons. The van der Waals surface area contributed by atoms with Gasteiger partial charge in [-0.05, 0) is 38.7 Å². The SMILES string of the molecule is CC1(CNc2nonc2C(=NC2=CC(Br)=C(F)CC2)NO)CN(S(N)=O)C1. The molecular weight excluding hydrogens is 445 g/mol. The van der Waals surface area contributed by atoms with Crippen LogP contribution in [0.4, 0.5) is 10.2 Å². The number of nitrogens with two attached hydrogens (primary N) is 1. The van der Waals surface area contributed by atoms with E-state index in [1.807, 2.05) is 12.4 Å². The first-order valence-corrected chi connectivity index (χ1v) is 9.99. The number of rotatable bonds is 6. The quantitative estimate of drug-likeness (QED) is 0.283. The number of aromatic nitrogens is 2. The lowest BCUT2D eigenvalue weighted by molar-refractivity contribution is 0.110. The molecule has 13 heteroatoms. The second-order valence-corrected chi connectivity index (χ2v) is 8.58. The zero-order chi connectivity index (χ0) is 19.6. The van der Waals surface area contributed by atoms with Gasteiger partial charge in [-0.3, -0.25) is 10.7 Å². The van der Waals surface area contributed by atoms with E-state index in [2.05, 4.69) is 36.6 Å². The smallest absolute Gasteiger partial charge is 0.202 e. The van der Waals surface area contributed by atoms with Gasteiger partial charge in [0.05, 0.1) is 4.48 Å². The van der Waals surface area contributed by atoms with E-state index in [1.54, 1.807) is 4.31 Å². The van der Waals surface area contributed by atoms with Crippen LogP contribution >= 0.6 is 15.9 Å². The highest BCUT2D eigenvalue weighted by Crippen LogP contribution is 2.31. The Morgan fingerprint density at radius 2 is 2.30 bits per heavy atom. The Morgan fingerprint density at radius 1 is 1.56 bits per heavy atom. The summed E-state index contributed by atoms with van der Waals surface area (Å²) in [6, 6.07) is 0. The lowest BCUT2D eigenvalue weighted by atomic mass is 9.84. The van der Waals surface area contributed by atoms with Crippen LogP contribution in [0.2, 0.25) is 0 Å². The summed E-state index contributed by atoms with van der Waals surface area (Å²) >= 11 is 1.65. The number of halogens is 2. The van der Waals surface area contributed by atoms with E-state index < -0.39 is 11.2 Å². The van der Waals surface area contributed by atoms with Crippen LogP contribution < -0.4 is 15.9 Å². The normalized spacial score (nSPS) is 21.5. The Balaban J connectivity index is 1.71. The van der Waals surface area contributed by atoms with Crippen molar-refractivity contribution in [2.45, 2.75) is 19.8 Å². The van der Waals surface area contributed by atoms with Crippen molar-refractivity contribution in [3.63, 3.8) is 0 Å². The van der Waals surface area contributed by atoms with Crippen LogP contribution in [0, 0.1) is 5.41 Å². The van der Waals surface area contributed by atoms with Crippen LogP contribution in [0.3, 0.4) is 0 Å². The van der Waals surface area contributed by atoms with Crippen LogP contribution in [-0.4, -0.2) is 49.5 Å². The average Bonchev–Trinajstić information content (AvgIpc) is 3.06. The van der Waals surface area contributed by atoms with Gasteiger partial charge in [0.1, 0.15) is 5.83 Å². The molecule has 0 spiro atoms. The van der Waals surface area contributed by atoms with Gasteiger partial charge < -0.3 is 5.32 Å². The molecule has 0 saturated carbocycles. The number of hydrogen-bond acceptors (Lipinski definition) is 7. The van der Waals surface area contributed by atoms with E-state index in [-0.39, 0.29) is 29.2 Å². The van der Waals surface area contributed by atoms with E-state index in [1.165, 1.54) is 6.08 Å². The van der Waals surface area contributed by atoms with Gasteiger partial charge in [0.2, 0.25) is 5.82 Å². The molecule has 10 nitrogen and oxygen atoms in total. The minimum absolute atomic E-state index is 0.0241. The molecule has 1 aromatic rings. The maximum atomic E-state index is 13.4. The lowest BCUT2D eigenvalue weighted by Crippen LogP contribution is -2.59. The van der Waals surface area contributed by atoms with Crippen molar-refractivity contribution >= 4 is 38.8 Å². The Bertz CT molecular complexity index is 834. The Kier molecular flexibility index (Phi) is 6.05. The van der Waals surface area contributed by atoms with Crippen molar-refractivity contribution < 1.29 is 18.4 Å². The summed E-state index contributed by atoms with van der Waals surface area (Å²) in [7, 11) is 0. The van der Waals surface area contributed by atoms with Gasteiger partial charge in [0, 0.05) is 37.2 Å². The van der Waals surface area contributed by atoms with Crippen LogP contribution in [0.1, 0.15) is 25.5 Å². The van der Waals surface area contributed by atoms with E-state index in [9.17, 15) is 13.8 Å². The first kappa shape index (κ1) is 20.1. The number of anilines is 1. The largest absolute Gasteiger partial charge is 0.365 e. The lowest BCUT2D eigenvalue weighted by Gasteiger charge is -2.45. The number of hydrogen-bond donors (Lipinski definition) is 4. The van der Waals surface area contributed by atoms with Gasteiger partial charge in [0.15, 0.2) is 22.7 Å². The minimum Gasteiger partial charge on any atom is -0.365 e. The standard InChI is InChI=1S/C14H19BrFN7O3S/c1-14(6-23(7-14)27(17)25)5-18-12-11(21-26-22-12)13(20-24)19-8-2-3-10(16)9(15)4-8/h4,24H,2-3,5-7,17H2,1H3,(H,18,22)(H,19,20). The number of amidine groups is 1. The summed E-state index contributed by atoms with van der Waals surface area (Å²) in [6.45, 7) is 3.66. The van der Waals surface area contributed by atoms with Crippen molar-refractivity contribution in [3.05, 3.63) is 27.8 Å². The predicted molar refractivity (Wildman–Crippen MR) is 101 cm³/mol. The van der Waals surface area contributed by atoms with Crippen molar-refractivity contribution in [2.75, 3.05) is 25.0 Å². The summed E-state index contributed by atoms with van der Waals surface area (Å²) in [6.07, 6.45) is 2.13. The first-order valence-electron chi connectivity index (χ1n) is 8.03. The topological polar surface area (TPSA) is 142 Å². The van der Waals surface area contributed by atoms with Crippen LogP contribution in [0.5, 0.6) is 0 Å². The monoisotopic (exact) mass is 463 g/mol. The molecule has 2 aliphatic rings. The zero-order valence-corrected chi connectivity index (χ0v) is 16.8. The highest BCUT2D eigenvalue weighted by molar-refractivity contribution is 9.11. The van der Waals surface area contributed by atoms with Crippen molar-refractivity contribution in [2.24, 2.45) is 15.5 Å². The Morgan fingerprint density at radius 3 is 2.93 bits per heavy atom. The fourth-order valence-corrected chi connectivity index (χ4v) is 4.16. The third-order valence-corrected chi connectivity index (χ3v) is 5.71. The van der Waals surface area contributed by atoms with E-state index >= 15 is 0 Å². The summed E-state index contributed by atoms with van der Waals surface area (Å²) in [4.78, 5) is 4.27. The van der Waals surface area contributed by atoms with Gasteiger partial charge in [0.25, 0.3) is 0 Å². The summed E-state index contributed by atoms with van der Waals surface area (Å²) < 4.78 is 31.4. The molecule has 1 aromatic heterocycles. The second-order valence-electron chi connectivity index (χ2n) is 6.66. The maximum absolute atomic E-state index is 13.4. The first-order chi connectivity index (χ1) is 12.8. The molecule has 1 atom stereocenters. The molecule has 2 heterocycles. The number of nitrogens with zero attached hydrogens (tertiary/aromatic N) is 4. The highest BCUT2D eigenvalue weighted by atomic mass is 79.9. The minimum atomic E-state index is -1.48. The van der Waals surface area contributed by atoms with E-state index in [0.717, 1.165) is 0 Å². The summed E-state index contributed by atoms with van der Waals surface area (Å²) in [5, 5.41) is 25.5. The number of hydroxylamine groups is 1. The summed E-state index contributed by atoms with van der Waals surface area (Å²) in [5.41, 5.74) is 2.58. The molecule has 148 valence electrons. The van der Waals surface area contributed by atoms with E-state index in [4.69, 9.17) is 9.77 Å². The Hall–Kier alpha value is -1.67. The van der Waals surface area contributed by atoms with Crippen molar-refractivity contribution in [1.29, 1.82) is 0 Å². The van der Waals surface area contributed by atoms with Gasteiger partial charge in [-0.25, -0.2) is 27.7 Å². The van der Waals surface area contributed by atoms with Gasteiger partial charge in [-0.1, -0.05) is 6.92 Å². The molecular formula is C14H19BrFN7O3S. The zero-order valence-electron chi connectivity index (χ0n) is 14.4. The fraction of sp³-hybridized carbons (Fsp3) is 0.500. The fourth-order valence-electron chi connectivity index (χ4n) is 2.82. The molecule has 0 amide bonds. The Labute approximate surface area is 165 Å². The van der Waals surface area contributed by atoms with Crippen LogP contribution in [-0.2, 0) is 11.2 Å². The third kappa shape index (κ3) is 4.60. The molecule has 1 saturated heterocycles. The number of allylic oxidation sites excluding steroid dienone is 4. The maximum Gasteiger partial charge on any atom is 0.202 e. The average molecular weight is 464 g/mol. The molecule has 27 heavy (non-hydrogen) atoms. The molecule has 1 aliphatic heterocycles. The molecule has 0 aromatic carbocycles. The van der Waals surface area contributed by atoms with Crippen LogP contribution in [0.25, 0.3) is 0 Å².